The Morgan fingerprint density at radius 2 is 2.20 bits per heavy atom. The van der Waals surface area contributed by atoms with Gasteiger partial charge in [-0.1, -0.05) is 6.07 Å². The number of nitrogens with one attached hydrogen (secondary N) is 1. The number of benzene rings is 1. The van der Waals surface area contributed by atoms with E-state index in [4.69, 9.17) is 10.4 Å². The van der Waals surface area contributed by atoms with Gasteiger partial charge in [-0.25, -0.2) is 13.6 Å². The average molecular weight is 212 g/mol. The summed E-state index contributed by atoms with van der Waals surface area (Å²) < 4.78 is 25.6. The van der Waals surface area contributed by atoms with Crippen LogP contribution in [0.25, 0.3) is 0 Å². The minimum Gasteiger partial charge on any atom is -0.465 e. The number of carbonyl (C=O) groups is 1. The average Bonchev–Trinajstić information content (AvgIpc) is 2.14. The van der Waals surface area contributed by atoms with Crippen LogP contribution in [0, 0.1) is 23.0 Å². The first-order valence-electron chi connectivity index (χ1n) is 3.88. The van der Waals surface area contributed by atoms with Crippen molar-refractivity contribution < 1.29 is 18.7 Å². The molecule has 0 heterocycles. The van der Waals surface area contributed by atoms with Gasteiger partial charge in [-0.05, 0) is 6.07 Å². The second-order valence-electron chi connectivity index (χ2n) is 2.68. The third-order valence-corrected chi connectivity index (χ3v) is 1.67. The highest BCUT2D eigenvalue weighted by molar-refractivity contribution is 5.65. The van der Waals surface area contributed by atoms with Gasteiger partial charge in [0, 0.05) is 11.6 Å². The molecule has 0 aromatic heterocycles. The van der Waals surface area contributed by atoms with E-state index in [0.717, 1.165) is 12.1 Å². The standard InChI is InChI=1S/C9H6F2N2O2/c10-5-1-2-6(7(11)3-5)8(4-12)13-9(14)15/h1-3,8,13H,(H,14,15). The fourth-order valence-corrected chi connectivity index (χ4v) is 1.04. The van der Waals surface area contributed by atoms with E-state index in [1.165, 1.54) is 0 Å². The Balaban J connectivity index is 3.03. The summed E-state index contributed by atoms with van der Waals surface area (Å²) in [7, 11) is 0. The topological polar surface area (TPSA) is 73.1 Å². The third-order valence-electron chi connectivity index (χ3n) is 1.67. The zero-order chi connectivity index (χ0) is 11.4. The number of nitrogens with zero attached hydrogens (tertiary/aromatic N) is 1. The Bertz CT molecular complexity index is 429. The van der Waals surface area contributed by atoms with Crippen LogP contribution in [0.15, 0.2) is 18.2 Å². The van der Waals surface area contributed by atoms with Crippen LogP contribution in [-0.4, -0.2) is 11.2 Å². The van der Waals surface area contributed by atoms with E-state index in [1.807, 2.05) is 0 Å². The summed E-state index contributed by atoms with van der Waals surface area (Å²) in [4.78, 5) is 10.3. The Hall–Kier alpha value is -2.16. The summed E-state index contributed by atoms with van der Waals surface area (Å²) >= 11 is 0. The molecule has 1 aromatic rings. The van der Waals surface area contributed by atoms with Gasteiger partial charge in [0.25, 0.3) is 0 Å². The van der Waals surface area contributed by atoms with E-state index in [-0.39, 0.29) is 5.56 Å². The predicted molar refractivity (Wildman–Crippen MR) is 45.9 cm³/mol. The number of amides is 1. The SMILES string of the molecule is N#CC(NC(=O)O)c1ccc(F)cc1F. The highest BCUT2D eigenvalue weighted by Gasteiger charge is 2.17. The van der Waals surface area contributed by atoms with E-state index in [0.29, 0.717) is 6.07 Å². The largest absolute Gasteiger partial charge is 0.465 e. The van der Waals surface area contributed by atoms with E-state index < -0.39 is 23.8 Å². The lowest BCUT2D eigenvalue weighted by Crippen LogP contribution is -2.26. The summed E-state index contributed by atoms with van der Waals surface area (Å²) in [5.74, 6) is -1.75. The predicted octanol–water partition coefficient (Wildman–Crippen LogP) is 1.80. The van der Waals surface area contributed by atoms with Crippen molar-refractivity contribution in [1.82, 2.24) is 5.32 Å². The number of nitriles is 1. The van der Waals surface area contributed by atoms with Gasteiger partial charge in [0.05, 0.1) is 6.07 Å². The number of carboxylic acid groups (broad SMARTS) is 1. The van der Waals surface area contributed by atoms with Crippen LogP contribution in [0.1, 0.15) is 11.6 Å². The monoisotopic (exact) mass is 212 g/mol. The van der Waals surface area contributed by atoms with Gasteiger partial charge in [-0.2, -0.15) is 5.26 Å². The second-order valence-corrected chi connectivity index (χ2v) is 2.68. The maximum absolute atomic E-state index is 13.1. The van der Waals surface area contributed by atoms with E-state index in [9.17, 15) is 13.6 Å². The lowest BCUT2D eigenvalue weighted by atomic mass is 10.1. The summed E-state index contributed by atoms with van der Waals surface area (Å²) in [6.07, 6.45) is -1.45. The fourth-order valence-electron chi connectivity index (χ4n) is 1.04. The van der Waals surface area contributed by atoms with Crippen LogP contribution in [0.5, 0.6) is 0 Å². The quantitative estimate of drug-likeness (QED) is 0.784. The van der Waals surface area contributed by atoms with Crippen LogP contribution in [0.4, 0.5) is 13.6 Å². The van der Waals surface area contributed by atoms with E-state index in [2.05, 4.69) is 0 Å². The van der Waals surface area contributed by atoms with Gasteiger partial charge in [0.1, 0.15) is 17.7 Å². The van der Waals surface area contributed by atoms with Crippen molar-refractivity contribution in [1.29, 1.82) is 5.26 Å². The van der Waals surface area contributed by atoms with Crippen molar-refractivity contribution in [3.05, 3.63) is 35.4 Å². The van der Waals surface area contributed by atoms with Crippen molar-refractivity contribution in [3.8, 4) is 6.07 Å². The number of rotatable bonds is 2. The fraction of sp³-hybridized carbons (Fsp3) is 0.111. The second kappa shape index (κ2) is 4.37. The molecular weight excluding hydrogens is 206 g/mol. The molecule has 6 heteroatoms. The zero-order valence-corrected chi connectivity index (χ0v) is 7.37. The van der Waals surface area contributed by atoms with Crippen LogP contribution in [0.3, 0.4) is 0 Å². The van der Waals surface area contributed by atoms with Crippen LogP contribution in [-0.2, 0) is 0 Å². The van der Waals surface area contributed by atoms with Gasteiger partial charge in [-0.3, -0.25) is 0 Å². The molecule has 1 aromatic carbocycles. The van der Waals surface area contributed by atoms with Crippen molar-refractivity contribution in [2.45, 2.75) is 6.04 Å². The van der Waals surface area contributed by atoms with Gasteiger partial charge < -0.3 is 10.4 Å². The van der Waals surface area contributed by atoms with Crippen LogP contribution < -0.4 is 5.32 Å². The molecule has 0 saturated heterocycles. The number of hydrogen-bond acceptors (Lipinski definition) is 2. The molecule has 0 radical (unpaired) electrons. The van der Waals surface area contributed by atoms with Crippen molar-refractivity contribution >= 4 is 6.09 Å². The molecule has 0 saturated carbocycles. The molecule has 15 heavy (non-hydrogen) atoms. The highest BCUT2D eigenvalue weighted by atomic mass is 19.1. The first-order valence-corrected chi connectivity index (χ1v) is 3.88. The molecule has 0 bridgehead atoms. The summed E-state index contributed by atoms with van der Waals surface area (Å²) in [6, 6.07) is 2.77. The van der Waals surface area contributed by atoms with Crippen molar-refractivity contribution in [2.75, 3.05) is 0 Å². The van der Waals surface area contributed by atoms with Crippen molar-refractivity contribution in [2.24, 2.45) is 0 Å². The number of halogens is 2. The molecule has 1 unspecified atom stereocenters. The molecule has 0 fully saturated rings. The zero-order valence-electron chi connectivity index (χ0n) is 7.37. The molecule has 0 spiro atoms. The maximum atomic E-state index is 13.1. The molecule has 1 amide bonds. The molecule has 0 aliphatic heterocycles. The van der Waals surface area contributed by atoms with Crippen LogP contribution >= 0.6 is 0 Å². The minimum absolute atomic E-state index is 0.207. The highest BCUT2D eigenvalue weighted by Crippen LogP contribution is 2.17. The molecule has 1 rings (SSSR count). The lowest BCUT2D eigenvalue weighted by Gasteiger charge is -2.09. The Morgan fingerprint density at radius 3 is 2.67 bits per heavy atom. The maximum Gasteiger partial charge on any atom is 0.405 e. The van der Waals surface area contributed by atoms with Crippen molar-refractivity contribution in [3.63, 3.8) is 0 Å². The van der Waals surface area contributed by atoms with E-state index >= 15 is 0 Å². The third kappa shape index (κ3) is 2.64. The first kappa shape index (κ1) is 10.9. The summed E-state index contributed by atoms with van der Waals surface area (Å²) in [5, 5.41) is 18.7. The van der Waals surface area contributed by atoms with Gasteiger partial charge in [0.15, 0.2) is 0 Å². The molecule has 0 aliphatic rings. The number of hydrogen-bond donors (Lipinski definition) is 2. The van der Waals surface area contributed by atoms with E-state index in [1.54, 1.807) is 11.4 Å². The molecule has 2 N–H and O–H groups in total. The molecule has 4 nitrogen and oxygen atoms in total. The van der Waals surface area contributed by atoms with Crippen LogP contribution in [0.2, 0.25) is 0 Å². The summed E-state index contributed by atoms with van der Waals surface area (Å²) in [5.41, 5.74) is -0.207. The normalized spacial score (nSPS) is 11.5. The molecular formula is C9H6F2N2O2. The molecule has 1 atom stereocenters. The van der Waals surface area contributed by atoms with Gasteiger partial charge in [-0.15, -0.1) is 0 Å². The Morgan fingerprint density at radius 1 is 1.53 bits per heavy atom. The van der Waals surface area contributed by atoms with Gasteiger partial charge >= 0.3 is 6.09 Å². The molecule has 0 aliphatic carbocycles. The van der Waals surface area contributed by atoms with Gasteiger partial charge in [0.2, 0.25) is 0 Å². The summed E-state index contributed by atoms with van der Waals surface area (Å²) in [6.45, 7) is 0. The lowest BCUT2D eigenvalue weighted by molar-refractivity contribution is 0.192. The smallest absolute Gasteiger partial charge is 0.405 e. The first-order chi connectivity index (χ1) is 7.04. The minimum atomic E-state index is -1.45. The Kier molecular flexibility index (Phi) is 3.18. The Labute approximate surface area is 83.8 Å². The molecule has 78 valence electrons.